The number of alkyl halides is 2. The number of anilines is 3. The molecule has 3 aromatic rings. The molecule has 2 aliphatic rings. The van der Waals surface area contributed by atoms with Crippen molar-refractivity contribution < 1.29 is 27.8 Å². The van der Waals surface area contributed by atoms with Crippen LogP contribution in [0, 0.1) is 5.92 Å². The zero-order valence-corrected chi connectivity index (χ0v) is 23.0. The van der Waals surface area contributed by atoms with E-state index in [-0.39, 0.29) is 29.4 Å². The quantitative estimate of drug-likeness (QED) is 0.234. The lowest BCUT2D eigenvalue weighted by molar-refractivity contribution is -0.120. The van der Waals surface area contributed by atoms with E-state index >= 15 is 0 Å². The van der Waals surface area contributed by atoms with Crippen molar-refractivity contribution in [3.8, 4) is 5.75 Å². The van der Waals surface area contributed by atoms with Crippen molar-refractivity contribution >= 4 is 35.0 Å². The summed E-state index contributed by atoms with van der Waals surface area (Å²) in [6.07, 6.45) is 4.99. The smallest absolute Gasteiger partial charge is 0.387 e. The molecule has 0 aromatic heterocycles. The van der Waals surface area contributed by atoms with Gasteiger partial charge < -0.3 is 25.8 Å². The van der Waals surface area contributed by atoms with Gasteiger partial charge in [-0.15, -0.1) is 0 Å². The van der Waals surface area contributed by atoms with Crippen LogP contribution in [-0.4, -0.2) is 55.7 Å². The molecule has 2 aliphatic heterocycles. The van der Waals surface area contributed by atoms with Crippen LogP contribution in [0.3, 0.4) is 0 Å². The molecule has 4 N–H and O–H groups in total. The Balaban J connectivity index is 1.29. The van der Waals surface area contributed by atoms with Crippen molar-refractivity contribution in [1.82, 2.24) is 4.90 Å². The van der Waals surface area contributed by atoms with E-state index in [1.807, 2.05) is 24.3 Å². The number of nitrogens with two attached hydrogens (primary N) is 1. The first-order valence-electron chi connectivity index (χ1n) is 14.0. The van der Waals surface area contributed by atoms with Gasteiger partial charge in [0.2, 0.25) is 11.8 Å². The summed E-state index contributed by atoms with van der Waals surface area (Å²) in [5.41, 5.74) is 9.19. The molecule has 2 amide bonds. The second kappa shape index (κ2) is 13.6. The molecule has 220 valence electrons. The number of carbonyl (C=O) groups is 2. The fraction of sp³-hybridized carbons (Fsp3) is 0.312. The number of benzene rings is 3. The number of hydrogen-bond donors (Lipinski definition) is 3. The van der Waals surface area contributed by atoms with Crippen LogP contribution in [0.15, 0.2) is 78.9 Å². The van der Waals surface area contributed by atoms with E-state index in [0.29, 0.717) is 49.4 Å². The van der Waals surface area contributed by atoms with Gasteiger partial charge in [-0.25, -0.2) is 0 Å². The number of amides is 2. The highest BCUT2D eigenvalue weighted by Crippen LogP contribution is 2.36. The first kappa shape index (κ1) is 29.2. The second-order valence-electron chi connectivity index (χ2n) is 10.5. The highest BCUT2D eigenvalue weighted by molar-refractivity contribution is 6.03. The highest BCUT2D eigenvalue weighted by Gasteiger charge is 2.41. The van der Waals surface area contributed by atoms with Crippen LogP contribution in [0.1, 0.15) is 29.9 Å². The minimum Gasteiger partial charge on any atom is -0.435 e. The number of halogens is 2. The molecule has 3 aromatic carbocycles. The lowest BCUT2D eigenvalue weighted by atomic mass is 9.88. The topological polar surface area (TPSA) is 106 Å². The van der Waals surface area contributed by atoms with E-state index in [1.54, 1.807) is 42.5 Å². The van der Waals surface area contributed by atoms with Gasteiger partial charge in [-0.05, 0) is 54.3 Å². The van der Waals surface area contributed by atoms with Crippen molar-refractivity contribution in [3.63, 3.8) is 0 Å². The van der Waals surface area contributed by atoms with E-state index in [2.05, 4.69) is 20.3 Å². The third-order valence-corrected chi connectivity index (χ3v) is 7.73. The lowest BCUT2D eigenvalue weighted by Gasteiger charge is -2.31. The Morgan fingerprint density at radius 2 is 1.74 bits per heavy atom. The van der Waals surface area contributed by atoms with Crippen LogP contribution in [0.4, 0.5) is 25.8 Å². The fourth-order valence-corrected chi connectivity index (χ4v) is 5.58. The fourth-order valence-electron chi connectivity index (χ4n) is 5.58. The van der Waals surface area contributed by atoms with E-state index in [9.17, 15) is 18.4 Å². The molecule has 2 fully saturated rings. The minimum atomic E-state index is -2.95. The monoisotopic (exact) mass is 576 g/mol. The van der Waals surface area contributed by atoms with Crippen LogP contribution in [0.25, 0.3) is 6.08 Å². The number of nitrogens with one attached hydrogen (secondary N) is 2. The molecule has 10 heteroatoms. The summed E-state index contributed by atoms with van der Waals surface area (Å²) in [6, 6.07) is 21.2. The molecular formula is C32H34F2N4O4. The number of para-hydroxylation sites is 2. The lowest BCUT2D eigenvalue weighted by Crippen LogP contribution is -2.38. The number of rotatable bonds is 9. The number of likely N-dealkylation sites (tertiary alicyclic amines) is 1. The van der Waals surface area contributed by atoms with Gasteiger partial charge in [0.25, 0.3) is 0 Å². The Morgan fingerprint density at radius 1 is 0.976 bits per heavy atom. The number of hydrogen-bond acceptors (Lipinski definition) is 6. The SMILES string of the molecule is Nc1ccccc1NC(=O)/C=C/c1ccc(C2CN(C3CCOCC3)CC2C(=O)Nc2cccc(OC(F)F)c2)cc1. The second-order valence-corrected chi connectivity index (χ2v) is 10.5. The van der Waals surface area contributed by atoms with E-state index in [1.165, 1.54) is 18.2 Å². The molecule has 2 heterocycles. The molecule has 0 radical (unpaired) electrons. The molecule has 42 heavy (non-hydrogen) atoms. The van der Waals surface area contributed by atoms with Crippen molar-refractivity contribution in [2.75, 3.05) is 42.7 Å². The van der Waals surface area contributed by atoms with Gasteiger partial charge in [0.1, 0.15) is 5.75 Å². The molecular weight excluding hydrogens is 542 g/mol. The maximum atomic E-state index is 13.6. The predicted octanol–water partition coefficient (Wildman–Crippen LogP) is 5.36. The molecule has 0 bridgehead atoms. The van der Waals surface area contributed by atoms with Crippen LogP contribution >= 0.6 is 0 Å². The predicted molar refractivity (Wildman–Crippen MR) is 158 cm³/mol. The van der Waals surface area contributed by atoms with Gasteiger partial charge in [0.15, 0.2) is 0 Å². The number of nitrogens with zero attached hydrogens (tertiary/aromatic N) is 1. The Bertz CT molecular complexity index is 1410. The highest BCUT2D eigenvalue weighted by atomic mass is 19.3. The number of nitrogen functional groups attached to an aromatic ring is 1. The van der Waals surface area contributed by atoms with E-state index in [4.69, 9.17) is 10.5 Å². The Hall–Kier alpha value is -4.28. The molecule has 0 spiro atoms. The molecule has 0 saturated carbocycles. The molecule has 2 saturated heterocycles. The van der Waals surface area contributed by atoms with Gasteiger partial charge in [-0.3, -0.25) is 14.5 Å². The average Bonchev–Trinajstić information content (AvgIpc) is 3.44. The standard InChI is InChI=1S/C32H34F2N4O4/c33-32(34)42-25-5-3-4-23(18-25)36-31(40)27-20-38(24-14-16-41-17-15-24)19-26(27)22-11-8-21(9-12-22)10-13-30(39)37-29-7-2-1-6-28(29)35/h1-13,18,24,26-27,32H,14-17,19-20,35H2,(H,36,40)(H,37,39)/b13-10+. The third-order valence-electron chi connectivity index (χ3n) is 7.73. The van der Waals surface area contributed by atoms with E-state index < -0.39 is 6.61 Å². The van der Waals surface area contributed by atoms with Gasteiger partial charge in [-0.1, -0.05) is 42.5 Å². The van der Waals surface area contributed by atoms with Crippen LogP contribution in [0.5, 0.6) is 5.75 Å². The molecule has 0 aliphatic carbocycles. The van der Waals surface area contributed by atoms with Crippen LogP contribution in [0.2, 0.25) is 0 Å². The van der Waals surface area contributed by atoms with Gasteiger partial charge in [0.05, 0.1) is 17.3 Å². The van der Waals surface area contributed by atoms with Crippen molar-refractivity contribution in [3.05, 3.63) is 90.0 Å². The van der Waals surface area contributed by atoms with Gasteiger partial charge in [-0.2, -0.15) is 8.78 Å². The largest absolute Gasteiger partial charge is 0.435 e. The molecule has 2 atom stereocenters. The van der Waals surface area contributed by atoms with Crippen LogP contribution < -0.4 is 21.1 Å². The summed E-state index contributed by atoms with van der Waals surface area (Å²) in [5.74, 6) is -0.907. The zero-order valence-electron chi connectivity index (χ0n) is 23.0. The normalized spacial score (nSPS) is 19.7. The summed E-state index contributed by atoms with van der Waals surface area (Å²) in [7, 11) is 0. The molecule has 8 nitrogen and oxygen atoms in total. The average molecular weight is 577 g/mol. The first-order valence-corrected chi connectivity index (χ1v) is 14.0. The maximum absolute atomic E-state index is 13.6. The van der Waals surface area contributed by atoms with Crippen LogP contribution in [-0.2, 0) is 14.3 Å². The minimum absolute atomic E-state index is 0.0147. The number of ether oxygens (including phenoxy) is 2. The molecule has 2 unspecified atom stereocenters. The van der Waals surface area contributed by atoms with Gasteiger partial charge in [0, 0.05) is 56.1 Å². The van der Waals surface area contributed by atoms with Crippen molar-refractivity contribution in [1.29, 1.82) is 0 Å². The Morgan fingerprint density at radius 3 is 2.48 bits per heavy atom. The maximum Gasteiger partial charge on any atom is 0.387 e. The van der Waals surface area contributed by atoms with Crippen molar-refractivity contribution in [2.24, 2.45) is 5.92 Å². The van der Waals surface area contributed by atoms with E-state index in [0.717, 1.165) is 24.0 Å². The number of carbonyl (C=O) groups excluding carboxylic acids is 2. The third kappa shape index (κ3) is 7.51. The summed E-state index contributed by atoms with van der Waals surface area (Å²) >= 11 is 0. The first-order chi connectivity index (χ1) is 20.4. The summed E-state index contributed by atoms with van der Waals surface area (Å²) in [4.78, 5) is 28.3. The Labute approximate surface area is 243 Å². The zero-order chi connectivity index (χ0) is 29.5. The molecule has 5 rings (SSSR count). The summed E-state index contributed by atoms with van der Waals surface area (Å²) in [6.45, 7) is -0.249. The summed E-state index contributed by atoms with van der Waals surface area (Å²) < 4.78 is 35.4. The van der Waals surface area contributed by atoms with Crippen molar-refractivity contribution in [2.45, 2.75) is 31.4 Å². The Kier molecular flexibility index (Phi) is 9.45. The van der Waals surface area contributed by atoms with Gasteiger partial charge >= 0.3 is 6.61 Å². The summed E-state index contributed by atoms with van der Waals surface area (Å²) in [5, 5.41) is 5.68.